The van der Waals surface area contributed by atoms with E-state index in [1.165, 1.54) is 0 Å². The van der Waals surface area contributed by atoms with Crippen LogP contribution in [0, 0.1) is 6.92 Å². The quantitative estimate of drug-likeness (QED) is 0.881. The van der Waals surface area contributed by atoms with Crippen molar-refractivity contribution in [1.82, 2.24) is 25.1 Å². The number of aromatic nitrogens is 4. The molecule has 1 amide bonds. The van der Waals surface area contributed by atoms with Crippen molar-refractivity contribution in [2.75, 3.05) is 12.3 Å². The highest BCUT2D eigenvalue weighted by Crippen LogP contribution is 2.33. The number of likely N-dealkylation sites (tertiary alicyclic amines) is 1. The number of aromatic amines is 1. The largest absolute Gasteiger partial charge is 0.384 e. The zero-order valence-electron chi connectivity index (χ0n) is 14.6. The molecule has 128 valence electrons. The van der Waals surface area contributed by atoms with Crippen molar-refractivity contribution in [1.29, 1.82) is 0 Å². The number of nitrogens with two attached hydrogens (primary N) is 1. The highest BCUT2D eigenvalue weighted by Gasteiger charge is 2.33. The number of nitrogen functional groups attached to an aromatic ring is 1. The standard InChI is InChI=1S/C17H24N6O/c1-10-19-11(9-15(18)20-10)13-6-5-7-23(13)16(24)12-8-14(22-21-12)17(2,3)4/h8-9,13H,5-7H2,1-4H3,(H,21,22)(H2,18,19,20). The SMILES string of the molecule is Cc1nc(N)cc(C2CCCN2C(=O)c2cc(C(C)(C)C)[nH]n2)n1. The Morgan fingerprint density at radius 2 is 2.08 bits per heavy atom. The lowest BCUT2D eigenvalue weighted by atomic mass is 9.92. The van der Waals surface area contributed by atoms with Crippen LogP contribution in [0.3, 0.4) is 0 Å². The molecule has 3 heterocycles. The Hall–Kier alpha value is -2.44. The van der Waals surface area contributed by atoms with E-state index in [4.69, 9.17) is 5.73 Å². The maximum atomic E-state index is 12.9. The topological polar surface area (TPSA) is 101 Å². The fourth-order valence-corrected chi connectivity index (χ4v) is 3.07. The molecule has 3 rings (SSSR count). The van der Waals surface area contributed by atoms with Crippen LogP contribution in [-0.4, -0.2) is 37.5 Å². The number of rotatable bonds is 2. The summed E-state index contributed by atoms with van der Waals surface area (Å²) in [5, 5.41) is 7.20. The van der Waals surface area contributed by atoms with Crippen molar-refractivity contribution < 1.29 is 4.79 Å². The summed E-state index contributed by atoms with van der Waals surface area (Å²) in [6.45, 7) is 8.76. The zero-order chi connectivity index (χ0) is 17.5. The van der Waals surface area contributed by atoms with E-state index in [-0.39, 0.29) is 17.4 Å². The maximum absolute atomic E-state index is 12.9. The fourth-order valence-electron chi connectivity index (χ4n) is 3.07. The van der Waals surface area contributed by atoms with Crippen LogP contribution in [0.4, 0.5) is 5.82 Å². The highest BCUT2D eigenvalue weighted by atomic mass is 16.2. The number of amides is 1. The number of H-pyrrole nitrogens is 1. The molecule has 1 aliphatic rings. The summed E-state index contributed by atoms with van der Waals surface area (Å²) in [4.78, 5) is 23.3. The van der Waals surface area contributed by atoms with E-state index in [1.54, 1.807) is 6.07 Å². The van der Waals surface area contributed by atoms with Crippen molar-refractivity contribution in [2.24, 2.45) is 0 Å². The van der Waals surface area contributed by atoms with Crippen molar-refractivity contribution >= 4 is 11.7 Å². The molecule has 0 radical (unpaired) electrons. The van der Waals surface area contributed by atoms with Crippen LogP contribution in [0.25, 0.3) is 0 Å². The minimum Gasteiger partial charge on any atom is -0.384 e. The molecule has 1 atom stereocenters. The Labute approximate surface area is 141 Å². The minimum atomic E-state index is -0.0752. The first-order valence-corrected chi connectivity index (χ1v) is 8.23. The molecule has 7 heteroatoms. The molecule has 0 spiro atoms. The smallest absolute Gasteiger partial charge is 0.274 e. The van der Waals surface area contributed by atoms with Crippen LogP contribution in [0.2, 0.25) is 0 Å². The van der Waals surface area contributed by atoms with Gasteiger partial charge in [0, 0.05) is 23.7 Å². The second-order valence-electron chi connectivity index (χ2n) is 7.34. The summed E-state index contributed by atoms with van der Waals surface area (Å²) in [5.74, 6) is 0.991. The van der Waals surface area contributed by atoms with Gasteiger partial charge in [-0.2, -0.15) is 5.10 Å². The van der Waals surface area contributed by atoms with E-state index in [9.17, 15) is 4.79 Å². The fraction of sp³-hybridized carbons (Fsp3) is 0.529. The zero-order valence-corrected chi connectivity index (χ0v) is 14.6. The number of nitrogens with zero attached hydrogens (tertiary/aromatic N) is 4. The van der Waals surface area contributed by atoms with Gasteiger partial charge in [-0.15, -0.1) is 0 Å². The van der Waals surface area contributed by atoms with Crippen LogP contribution in [0.5, 0.6) is 0 Å². The van der Waals surface area contributed by atoms with Crippen LogP contribution in [0.15, 0.2) is 12.1 Å². The van der Waals surface area contributed by atoms with Crippen LogP contribution in [0.1, 0.15) is 67.4 Å². The maximum Gasteiger partial charge on any atom is 0.274 e. The summed E-state index contributed by atoms with van der Waals surface area (Å²) in [5.41, 5.74) is 7.96. The predicted molar refractivity (Wildman–Crippen MR) is 91.5 cm³/mol. The summed E-state index contributed by atoms with van der Waals surface area (Å²) in [6, 6.07) is 3.53. The van der Waals surface area contributed by atoms with Gasteiger partial charge < -0.3 is 10.6 Å². The number of hydrogen-bond acceptors (Lipinski definition) is 5. The normalized spacial score (nSPS) is 18.2. The average Bonchev–Trinajstić information content (AvgIpc) is 3.14. The Morgan fingerprint density at radius 1 is 1.33 bits per heavy atom. The average molecular weight is 328 g/mol. The van der Waals surface area contributed by atoms with Gasteiger partial charge >= 0.3 is 0 Å². The van der Waals surface area contributed by atoms with Crippen LogP contribution in [-0.2, 0) is 5.41 Å². The third-order valence-electron chi connectivity index (χ3n) is 4.34. The van der Waals surface area contributed by atoms with Gasteiger partial charge in [-0.3, -0.25) is 9.89 Å². The lowest BCUT2D eigenvalue weighted by molar-refractivity contribution is 0.0726. The molecule has 1 unspecified atom stereocenters. The molecule has 0 aliphatic carbocycles. The Morgan fingerprint density at radius 3 is 2.71 bits per heavy atom. The number of aryl methyl sites for hydroxylation is 1. The molecule has 1 aliphatic heterocycles. The van der Waals surface area contributed by atoms with Gasteiger partial charge in [0.25, 0.3) is 5.91 Å². The molecule has 2 aromatic heterocycles. The van der Waals surface area contributed by atoms with Gasteiger partial charge in [0.2, 0.25) is 0 Å². The van der Waals surface area contributed by atoms with Gasteiger partial charge in [-0.1, -0.05) is 20.8 Å². The lowest BCUT2D eigenvalue weighted by Crippen LogP contribution is -2.31. The summed E-state index contributed by atoms with van der Waals surface area (Å²) in [7, 11) is 0. The third kappa shape index (κ3) is 3.11. The molecule has 24 heavy (non-hydrogen) atoms. The van der Waals surface area contributed by atoms with E-state index in [1.807, 2.05) is 17.9 Å². The molecule has 2 aromatic rings. The summed E-state index contributed by atoms with van der Waals surface area (Å²) >= 11 is 0. The first-order chi connectivity index (χ1) is 11.3. The molecule has 1 saturated heterocycles. The number of anilines is 1. The van der Waals surface area contributed by atoms with E-state index in [0.717, 1.165) is 24.2 Å². The molecule has 1 fully saturated rings. The molecule has 7 nitrogen and oxygen atoms in total. The van der Waals surface area contributed by atoms with Crippen molar-refractivity contribution in [3.63, 3.8) is 0 Å². The van der Waals surface area contributed by atoms with Gasteiger partial charge in [-0.05, 0) is 25.8 Å². The molecular formula is C17H24N6O. The molecule has 3 N–H and O–H groups in total. The Balaban J connectivity index is 1.87. The first-order valence-electron chi connectivity index (χ1n) is 8.23. The highest BCUT2D eigenvalue weighted by molar-refractivity contribution is 5.93. The molecule has 0 bridgehead atoms. The first kappa shape index (κ1) is 16.4. The second kappa shape index (κ2) is 5.89. The van der Waals surface area contributed by atoms with Gasteiger partial charge in [0.1, 0.15) is 17.3 Å². The molecule has 0 saturated carbocycles. The van der Waals surface area contributed by atoms with E-state index < -0.39 is 0 Å². The minimum absolute atomic E-state index is 0.0703. The summed E-state index contributed by atoms with van der Waals surface area (Å²) < 4.78 is 0. The van der Waals surface area contributed by atoms with Crippen molar-refractivity contribution in [3.05, 3.63) is 35.0 Å². The number of carbonyl (C=O) groups is 1. The van der Waals surface area contributed by atoms with Gasteiger partial charge in [0.05, 0.1) is 11.7 Å². The number of nitrogens with one attached hydrogen (secondary N) is 1. The molecular weight excluding hydrogens is 304 g/mol. The van der Waals surface area contributed by atoms with Crippen LogP contribution >= 0.6 is 0 Å². The van der Waals surface area contributed by atoms with E-state index in [2.05, 4.69) is 40.9 Å². The predicted octanol–water partition coefficient (Wildman–Crippen LogP) is 2.37. The third-order valence-corrected chi connectivity index (χ3v) is 4.34. The molecule has 0 aromatic carbocycles. The number of carbonyl (C=O) groups excluding carboxylic acids is 1. The Bertz CT molecular complexity index is 740. The van der Waals surface area contributed by atoms with Crippen LogP contribution < -0.4 is 5.73 Å². The van der Waals surface area contributed by atoms with E-state index >= 15 is 0 Å². The van der Waals surface area contributed by atoms with Gasteiger partial charge in [-0.25, -0.2) is 9.97 Å². The monoisotopic (exact) mass is 328 g/mol. The lowest BCUT2D eigenvalue weighted by Gasteiger charge is -2.23. The second-order valence-corrected chi connectivity index (χ2v) is 7.34. The van der Waals surface area contributed by atoms with E-state index in [0.29, 0.717) is 23.9 Å². The van der Waals surface area contributed by atoms with Gasteiger partial charge in [0.15, 0.2) is 0 Å². The van der Waals surface area contributed by atoms with Crippen molar-refractivity contribution in [2.45, 2.75) is 52.0 Å². The summed E-state index contributed by atoms with van der Waals surface area (Å²) in [6.07, 6.45) is 1.81. The Kier molecular flexibility index (Phi) is 4.03. The number of hydrogen-bond donors (Lipinski definition) is 2. The van der Waals surface area contributed by atoms with Crippen molar-refractivity contribution in [3.8, 4) is 0 Å².